The zero-order valence-corrected chi connectivity index (χ0v) is 50.8. The average Bonchev–Trinajstić information content (AvgIpc) is 3.46. The van der Waals surface area contributed by atoms with Crippen LogP contribution >= 0.6 is 0 Å². The Balaban J connectivity index is 1.72. The first-order chi connectivity index (χ1) is 39.1. The van der Waals surface area contributed by atoms with Gasteiger partial charge in [-0.25, -0.2) is 0 Å². The van der Waals surface area contributed by atoms with E-state index in [-0.39, 0.29) is 18.9 Å². The van der Waals surface area contributed by atoms with Crippen molar-refractivity contribution in [3.63, 3.8) is 0 Å². The summed E-state index contributed by atoms with van der Waals surface area (Å²) < 4.78 is 22.8. The molecule has 0 aromatic heterocycles. The van der Waals surface area contributed by atoms with Gasteiger partial charge in [-0.2, -0.15) is 0 Å². The number of allylic oxidation sites excluding steroid dienone is 5. The molecule has 0 aliphatic carbocycles. The quantitative estimate of drug-likeness (QED) is 0.0204. The van der Waals surface area contributed by atoms with Crippen LogP contribution in [-0.2, 0) is 23.7 Å². The van der Waals surface area contributed by atoms with Crippen LogP contribution in [0.25, 0.3) is 0 Å². The molecule has 2 aliphatic heterocycles. The maximum atomic E-state index is 13.3. The van der Waals surface area contributed by atoms with Crippen LogP contribution in [0.2, 0.25) is 0 Å². The van der Waals surface area contributed by atoms with Crippen LogP contribution in [0.15, 0.2) is 36.5 Å². The summed E-state index contributed by atoms with van der Waals surface area (Å²) in [5.74, 6) is -0.248. The van der Waals surface area contributed by atoms with Crippen LogP contribution in [0.5, 0.6) is 0 Å². The topological polar surface area (TPSA) is 228 Å². The summed E-state index contributed by atoms with van der Waals surface area (Å²) in [7, 11) is 0. The summed E-state index contributed by atoms with van der Waals surface area (Å²) >= 11 is 0. The first-order valence-electron chi connectivity index (χ1n) is 33.2. The van der Waals surface area contributed by atoms with Crippen molar-refractivity contribution in [1.29, 1.82) is 0 Å². The highest BCUT2D eigenvalue weighted by Crippen LogP contribution is 2.30. The number of amides is 1. The second-order valence-corrected chi connectivity index (χ2v) is 23.6. The number of carbonyl (C=O) groups is 1. The van der Waals surface area contributed by atoms with E-state index in [0.29, 0.717) is 12.8 Å². The summed E-state index contributed by atoms with van der Waals surface area (Å²) in [4.78, 5) is 13.3. The molecule has 80 heavy (non-hydrogen) atoms. The van der Waals surface area contributed by atoms with E-state index in [2.05, 4.69) is 43.5 Å². The molecule has 0 saturated carbocycles. The molecule has 2 fully saturated rings. The molecule has 2 aliphatic rings. The van der Waals surface area contributed by atoms with Gasteiger partial charge in [-0.3, -0.25) is 4.79 Å². The number of aliphatic hydroxyl groups excluding tert-OH is 8. The Kier molecular flexibility index (Phi) is 47.9. The molecule has 1 amide bonds. The number of rotatable bonds is 54. The SMILES string of the molecule is CCCCCCCCCCCC/C=C/CC/C=C/CC/C=C/C(O)C(COC1OC(CO)C(OC2OC(CO)C(O)C(O)C2O)C(O)C1O)NC(=O)CCCCCCCCCCCCCCCCCCCCCCCCCCCC. The first-order valence-corrected chi connectivity index (χ1v) is 33.2. The Hall–Kier alpha value is -1.79. The fourth-order valence-corrected chi connectivity index (χ4v) is 11.0. The number of aliphatic hydroxyl groups is 8. The van der Waals surface area contributed by atoms with Crippen molar-refractivity contribution >= 4 is 5.91 Å². The maximum Gasteiger partial charge on any atom is 0.220 e. The molecule has 2 saturated heterocycles. The van der Waals surface area contributed by atoms with Gasteiger partial charge in [0.25, 0.3) is 0 Å². The molecule has 0 radical (unpaired) electrons. The second kappa shape index (κ2) is 51.6. The highest BCUT2D eigenvalue weighted by molar-refractivity contribution is 5.76. The van der Waals surface area contributed by atoms with Crippen molar-refractivity contribution in [2.75, 3.05) is 19.8 Å². The third-order valence-corrected chi connectivity index (χ3v) is 16.3. The Bertz CT molecular complexity index is 1480. The van der Waals surface area contributed by atoms with Crippen LogP contribution in [0.3, 0.4) is 0 Å². The standard InChI is InChI=1S/C66H123NO13/c1-3-5-7-9-11-13-15-17-19-21-23-25-26-27-28-29-30-32-34-36-38-40-42-44-46-48-50-58(71)67-54(55(70)49-47-45-43-41-39-37-35-33-31-24-22-20-18-16-14-12-10-8-6-4-2)53-77-65-63(76)61(74)64(57(52-69)79-65)80-66-62(75)60(73)59(72)56(51-68)78-66/h31,33,39,41,47,49,54-57,59-66,68-70,72-76H,3-30,32,34-38,40,42-46,48,50-53H2,1-2H3,(H,67,71)/b33-31+,41-39+,49-47+. The van der Waals surface area contributed by atoms with Gasteiger partial charge >= 0.3 is 0 Å². The molecule has 2 rings (SSSR count). The molecule has 14 heteroatoms. The molecule has 2 heterocycles. The summed E-state index contributed by atoms with van der Waals surface area (Å²) in [5, 5.41) is 87.2. The Morgan fingerprint density at radius 1 is 0.438 bits per heavy atom. The van der Waals surface area contributed by atoms with Gasteiger partial charge in [0.05, 0.1) is 32.0 Å². The minimum absolute atomic E-state index is 0.248. The molecular weight excluding hydrogens is 1010 g/mol. The van der Waals surface area contributed by atoms with Gasteiger partial charge in [0, 0.05) is 6.42 Å². The number of carbonyl (C=O) groups excluding carboxylic acids is 1. The van der Waals surface area contributed by atoms with Gasteiger partial charge in [-0.1, -0.05) is 269 Å². The summed E-state index contributed by atoms with van der Waals surface area (Å²) in [5.41, 5.74) is 0. The van der Waals surface area contributed by atoms with Crippen molar-refractivity contribution in [3.8, 4) is 0 Å². The van der Waals surface area contributed by atoms with Gasteiger partial charge in [0.1, 0.15) is 48.8 Å². The third kappa shape index (κ3) is 36.1. The normalized spacial score (nSPS) is 24.4. The second-order valence-electron chi connectivity index (χ2n) is 23.6. The molecule has 0 aromatic rings. The molecule has 0 aromatic carbocycles. The van der Waals surface area contributed by atoms with Crippen molar-refractivity contribution in [2.24, 2.45) is 0 Å². The lowest BCUT2D eigenvalue weighted by molar-refractivity contribution is -0.359. The van der Waals surface area contributed by atoms with Crippen LogP contribution in [0.4, 0.5) is 0 Å². The van der Waals surface area contributed by atoms with E-state index in [1.807, 2.05) is 6.08 Å². The zero-order valence-electron chi connectivity index (χ0n) is 50.8. The molecule has 9 N–H and O–H groups in total. The molecular formula is C66H123NO13. The number of unbranched alkanes of at least 4 members (excludes halogenated alkanes) is 37. The van der Waals surface area contributed by atoms with Gasteiger partial charge in [0.2, 0.25) is 5.91 Å². The largest absolute Gasteiger partial charge is 0.394 e. The Morgan fingerprint density at radius 2 is 0.800 bits per heavy atom. The maximum absolute atomic E-state index is 13.3. The summed E-state index contributed by atoms with van der Waals surface area (Å²) in [6.07, 6.45) is 47.7. The summed E-state index contributed by atoms with van der Waals surface area (Å²) in [6, 6.07) is -0.936. The van der Waals surface area contributed by atoms with Gasteiger partial charge in [-0.05, 0) is 44.9 Å². The lowest BCUT2D eigenvalue weighted by atomic mass is 9.97. The van der Waals surface area contributed by atoms with E-state index in [1.54, 1.807) is 6.08 Å². The Labute approximate surface area is 487 Å². The van der Waals surface area contributed by atoms with E-state index < -0.39 is 86.8 Å². The molecule has 12 unspecified atom stereocenters. The van der Waals surface area contributed by atoms with Crippen molar-refractivity contribution < 1.29 is 64.6 Å². The molecule has 12 atom stereocenters. The van der Waals surface area contributed by atoms with Crippen LogP contribution in [0, 0.1) is 0 Å². The third-order valence-electron chi connectivity index (χ3n) is 16.3. The van der Waals surface area contributed by atoms with E-state index in [1.165, 1.54) is 205 Å². The monoisotopic (exact) mass is 1140 g/mol. The number of hydrogen-bond donors (Lipinski definition) is 9. The van der Waals surface area contributed by atoms with Crippen LogP contribution in [0.1, 0.15) is 284 Å². The zero-order chi connectivity index (χ0) is 58.1. The van der Waals surface area contributed by atoms with Crippen LogP contribution < -0.4 is 5.32 Å². The average molecular weight is 1140 g/mol. The predicted octanol–water partition coefficient (Wildman–Crippen LogP) is 12.6. The minimum Gasteiger partial charge on any atom is -0.394 e. The summed E-state index contributed by atoms with van der Waals surface area (Å²) in [6.45, 7) is 2.81. The van der Waals surface area contributed by atoms with Gasteiger partial charge < -0.3 is 65.1 Å². The number of nitrogens with one attached hydrogen (secondary N) is 1. The smallest absolute Gasteiger partial charge is 0.220 e. The molecule has 14 nitrogen and oxygen atoms in total. The van der Waals surface area contributed by atoms with E-state index >= 15 is 0 Å². The lowest BCUT2D eigenvalue weighted by Crippen LogP contribution is -2.65. The predicted molar refractivity (Wildman–Crippen MR) is 323 cm³/mol. The molecule has 470 valence electrons. The first kappa shape index (κ1) is 74.3. The lowest BCUT2D eigenvalue weighted by Gasteiger charge is -2.46. The fourth-order valence-electron chi connectivity index (χ4n) is 11.0. The minimum atomic E-state index is -1.79. The molecule has 0 bridgehead atoms. The highest BCUT2D eigenvalue weighted by atomic mass is 16.7. The van der Waals surface area contributed by atoms with Crippen molar-refractivity contribution in [3.05, 3.63) is 36.5 Å². The fraction of sp³-hybridized carbons (Fsp3) is 0.894. The van der Waals surface area contributed by atoms with E-state index in [4.69, 9.17) is 18.9 Å². The van der Waals surface area contributed by atoms with E-state index in [9.17, 15) is 45.6 Å². The van der Waals surface area contributed by atoms with Gasteiger partial charge in [0.15, 0.2) is 12.6 Å². The number of hydrogen-bond acceptors (Lipinski definition) is 13. The van der Waals surface area contributed by atoms with Crippen molar-refractivity contribution in [1.82, 2.24) is 5.32 Å². The number of ether oxygens (including phenoxy) is 4. The molecule has 0 spiro atoms. The van der Waals surface area contributed by atoms with Crippen LogP contribution in [-0.4, -0.2) is 140 Å². The van der Waals surface area contributed by atoms with Crippen molar-refractivity contribution in [2.45, 2.75) is 357 Å². The van der Waals surface area contributed by atoms with E-state index in [0.717, 1.165) is 44.9 Å². The highest BCUT2D eigenvalue weighted by Gasteiger charge is 2.51. The Morgan fingerprint density at radius 3 is 1.23 bits per heavy atom. The van der Waals surface area contributed by atoms with Gasteiger partial charge in [-0.15, -0.1) is 0 Å².